The van der Waals surface area contributed by atoms with Crippen molar-refractivity contribution < 1.29 is 0 Å². The third kappa shape index (κ3) is 1.67. The van der Waals surface area contributed by atoms with Gasteiger partial charge in [-0.15, -0.1) is 0 Å². The Labute approximate surface area is 92.0 Å². The average Bonchev–Trinajstić information content (AvgIpc) is 2.92. The summed E-state index contributed by atoms with van der Waals surface area (Å²) >= 11 is 0. The molecule has 0 saturated heterocycles. The van der Waals surface area contributed by atoms with Crippen LogP contribution >= 0.6 is 0 Å². The van der Waals surface area contributed by atoms with E-state index in [0.29, 0.717) is 12.0 Å². The first-order chi connectivity index (χ1) is 7.36. The largest absolute Gasteiger partial charge is 0.310 e. The van der Waals surface area contributed by atoms with Crippen LogP contribution in [0.2, 0.25) is 0 Å². The Bertz CT molecular complexity index is 281. The van der Waals surface area contributed by atoms with Gasteiger partial charge >= 0.3 is 0 Å². The molecule has 2 nitrogen and oxygen atoms in total. The number of rotatable bonds is 2. The molecule has 0 spiro atoms. The fourth-order valence-electron chi connectivity index (χ4n) is 4.04. The summed E-state index contributed by atoms with van der Waals surface area (Å²) in [4.78, 5) is 0. The van der Waals surface area contributed by atoms with Crippen molar-refractivity contribution in [3.05, 3.63) is 0 Å². The van der Waals surface area contributed by atoms with E-state index in [1.54, 1.807) is 0 Å². The fraction of sp³-hybridized carbons (Fsp3) is 0.923. The first-order valence-corrected chi connectivity index (χ1v) is 6.52. The van der Waals surface area contributed by atoms with Gasteiger partial charge in [0.15, 0.2) is 0 Å². The van der Waals surface area contributed by atoms with E-state index in [0.717, 1.165) is 24.3 Å². The predicted molar refractivity (Wildman–Crippen MR) is 59.1 cm³/mol. The van der Waals surface area contributed by atoms with E-state index in [1.807, 2.05) is 0 Å². The SMILES string of the molecule is N#CC1CCCC1NC1CC2CCC1C2. The molecule has 0 aromatic carbocycles. The molecule has 5 atom stereocenters. The first kappa shape index (κ1) is 9.66. The predicted octanol–water partition coefficient (Wildman–Crippen LogP) is 2.46. The Morgan fingerprint density at radius 1 is 1.00 bits per heavy atom. The summed E-state index contributed by atoms with van der Waals surface area (Å²) in [6, 6.07) is 3.74. The maximum atomic E-state index is 9.05. The maximum Gasteiger partial charge on any atom is 0.0672 e. The lowest BCUT2D eigenvalue weighted by molar-refractivity contribution is 0.303. The molecule has 1 N–H and O–H groups in total. The molecule has 3 rings (SSSR count). The van der Waals surface area contributed by atoms with Gasteiger partial charge in [0.05, 0.1) is 12.0 Å². The summed E-state index contributed by atoms with van der Waals surface area (Å²) in [5.74, 6) is 2.24. The van der Waals surface area contributed by atoms with Gasteiger partial charge in [0, 0.05) is 12.1 Å². The molecule has 3 saturated carbocycles. The summed E-state index contributed by atoms with van der Waals surface area (Å²) in [5.41, 5.74) is 0. The van der Waals surface area contributed by atoms with Gasteiger partial charge in [-0.3, -0.25) is 0 Å². The van der Waals surface area contributed by atoms with Crippen LogP contribution in [0.15, 0.2) is 0 Å². The molecule has 0 amide bonds. The van der Waals surface area contributed by atoms with E-state index in [4.69, 9.17) is 5.26 Å². The fourth-order valence-corrected chi connectivity index (χ4v) is 4.04. The molecular formula is C13H20N2. The standard InChI is InChI=1S/C13H20N2/c14-8-11-2-1-3-12(11)15-13-7-9-4-5-10(13)6-9/h9-13,15H,1-7H2. The van der Waals surface area contributed by atoms with Crippen LogP contribution in [-0.4, -0.2) is 12.1 Å². The first-order valence-electron chi connectivity index (χ1n) is 6.52. The van der Waals surface area contributed by atoms with Gasteiger partial charge in [-0.05, 0) is 43.9 Å². The number of nitrogens with one attached hydrogen (secondary N) is 1. The smallest absolute Gasteiger partial charge is 0.0672 e. The van der Waals surface area contributed by atoms with Crippen molar-refractivity contribution in [2.24, 2.45) is 17.8 Å². The lowest BCUT2D eigenvalue weighted by Gasteiger charge is -2.27. The Morgan fingerprint density at radius 3 is 2.60 bits per heavy atom. The summed E-state index contributed by atoms with van der Waals surface area (Å²) in [6.45, 7) is 0. The maximum absolute atomic E-state index is 9.05. The number of nitriles is 1. The van der Waals surface area contributed by atoms with Gasteiger partial charge in [-0.1, -0.05) is 12.8 Å². The molecule has 0 heterocycles. The second-order valence-electron chi connectivity index (χ2n) is 5.72. The van der Waals surface area contributed by atoms with Crippen molar-refractivity contribution in [2.75, 3.05) is 0 Å². The average molecular weight is 204 g/mol. The van der Waals surface area contributed by atoms with Gasteiger partial charge in [0.1, 0.15) is 0 Å². The Hall–Kier alpha value is -0.550. The van der Waals surface area contributed by atoms with Crippen LogP contribution in [0.4, 0.5) is 0 Å². The van der Waals surface area contributed by atoms with E-state index in [-0.39, 0.29) is 0 Å². The monoisotopic (exact) mass is 204 g/mol. The van der Waals surface area contributed by atoms with Crippen LogP contribution in [0.3, 0.4) is 0 Å². The van der Waals surface area contributed by atoms with Crippen molar-refractivity contribution in [3.63, 3.8) is 0 Å². The minimum absolute atomic E-state index is 0.295. The summed E-state index contributed by atoms with van der Waals surface area (Å²) in [6.07, 6.45) is 9.35. The zero-order valence-corrected chi connectivity index (χ0v) is 9.28. The lowest BCUT2D eigenvalue weighted by Crippen LogP contribution is -2.42. The number of hydrogen-bond acceptors (Lipinski definition) is 2. The van der Waals surface area contributed by atoms with Crippen molar-refractivity contribution in [1.82, 2.24) is 5.32 Å². The highest BCUT2D eigenvalue weighted by Crippen LogP contribution is 2.45. The van der Waals surface area contributed by atoms with Gasteiger partial charge in [0.25, 0.3) is 0 Å². The molecule has 3 aliphatic carbocycles. The van der Waals surface area contributed by atoms with E-state index >= 15 is 0 Å². The molecule has 0 radical (unpaired) electrons. The van der Waals surface area contributed by atoms with E-state index in [1.165, 1.54) is 38.5 Å². The molecule has 3 aliphatic rings. The minimum Gasteiger partial charge on any atom is -0.310 e. The highest BCUT2D eigenvalue weighted by molar-refractivity contribution is 5.01. The minimum atomic E-state index is 0.295. The van der Waals surface area contributed by atoms with Crippen LogP contribution in [0.25, 0.3) is 0 Å². The molecular weight excluding hydrogens is 184 g/mol. The summed E-state index contributed by atoms with van der Waals surface area (Å²) in [7, 11) is 0. The zero-order chi connectivity index (χ0) is 10.3. The molecule has 3 fully saturated rings. The second-order valence-corrected chi connectivity index (χ2v) is 5.72. The van der Waals surface area contributed by atoms with Crippen molar-refractivity contribution >= 4 is 0 Å². The summed E-state index contributed by atoms with van der Waals surface area (Å²) < 4.78 is 0. The molecule has 82 valence electrons. The molecule has 15 heavy (non-hydrogen) atoms. The number of fused-ring (bicyclic) bond motifs is 2. The Kier molecular flexibility index (Phi) is 2.44. The van der Waals surface area contributed by atoms with Crippen molar-refractivity contribution in [2.45, 2.75) is 57.0 Å². The van der Waals surface area contributed by atoms with Crippen molar-refractivity contribution in [1.29, 1.82) is 5.26 Å². The van der Waals surface area contributed by atoms with E-state index < -0.39 is 0 Å². The lowest BCUT2D eigenvalue weighted by atomic mass is 9.93. The van der Waals surface area contributed by atoms with Crippen LogP contribution < -0.4 is 5.32 Å². The molecule has 0 aliphatic heterocycles. The molecule has 2 bridgehead atoms. The van der Waals surface area contributed by atoms with Crippen LogP contribution in [-0.2, 0) is 0 Å². The highest BCUT2D eigenvalue weighted by Gasteiger charge is 2.41. The molecule has 2 heteroatoms. The third-order valence-electron chi connectivity index (χ3n) is 4.85. The van der Waals surface area contributed by atoms with Gasteiger partial charge in [-0.2, -0.15) is 5.26 Å². The van der Waals surface area contributed by atoms with Crippen molar-refractivity contribution in [3.8, 4) is 6.07 Å². The summed E-state index contributed by atoms with van der Waals surface area (Å²) in [5, 5.41) is 12.8. The van der Waals surface area contributed by atoms with E-state index in [9.17, 15) is 0 Å². The van der Waals surface area contributed by atoms with Crippen LogP contribution in [0.1, 0.15) is 44.9 Å². The Balaban J connectivity index is 1.59. The van der Waals surface area contributed by atoms with E-state index in [2.05, 4.69) is 11.4 Å². The number of nitrogens with zero attached hydrogens (tertiary/aromatic N) is 1. The normalized spacial score (nSPS) is 48.3. The zero-order valence-electron chi connectivity index (χ0n) is 9.28. The van der Waals surface area contributed by atoms with Gasteiger partial charge in [0.2, 0.25) is 0 Å². The van der Waals surface area contributed by atoms with Crippen LogP contribution in [0.5, 0.6) is 0 Å². The topological polar surface area (TPSA) is 35.8 Å². The van der Waals surface area contributed by atoms with Gasteiger partial charge < -0.3 is 5.32 Å². The van der Waals surface area contributed by atoms with Gasteiger partial charge in [-0.25, -0.2) is 0 Å². The molecule has 0 aromatic heterocycles. The second kappa shape index (κ2) is 3.79. The van der Waals surface area contributed by atoms with Crippen LogP contribution in [0, 0.1) is 29.1 Å². The number of hydrogen-bond donors (Lipinski definition) is 1. The quantitative estimate of drug-likeness (QED) is 0.750. The highest BCUT2D eigenvalue weighted by atomic mass is 15.0. The molecule has 5 unspecified atom stereocenters. The Morgan fingerprint density at radius 2 is 1.93 bits per heavy atom. The molecule has 0 aromatic rings. The third-order valence-corrected chi connectivity index (χ3v) is 4.85.